The topological polar surface area (TPSA) is 54.9 Å². The van der Waals surface area contributed by atoms with Gasteiger partial charge < -0.3 is 19.3 Å². The molecule has 7 heteroatoms. The van der Waals surface area contributed by atoms with Crippen molar-refractivity contribution in [3.8, 4) is 0 Å². The minimum atomic E-state index is -0.0295. The van der Waals surface area contributed by atoms with Gasteiger partial charge in [0.25, 0.3) is 5.91 Å². The number of carbonyl (C=O) groups excluding carboxylic acids is 1. The number of nitrogens with zero attached hydrogens (tertiary/aromatic N) is 3. The third kappa shape index (κ3) is 3.93. The van der Waals surface area contributed by atoms with E-state index in [9.17, 15) is 4.79 Å². The van der Waals surface area contributed by atoms with E-state index in [2.05, 4.69) is 9.88 Å². The van der Waals surface area contributed by atoms with Crippen molar-refractivity contribution in [2.24, 2.45) is 0 Å². The van der Waals surface area contributed by atoms with Crippen molar-refractivity contribution >= 4 is 23.1 Å². The van der Waals surface area contributed by atoms with Gasteiger partial charge in [0.05, 0.1) is 13.2 Å². The molecule has 2 heterocycles. The molecule has 0 atom stereocenters. The second-order valence-electron chi connectivity index (χ2n) is 5.07. The molecule has 0 spiro atoms. The molecule has 0 fully saturated rings. The van der Waals surface area contributed by atoms with Crippen molar-refractivity contribution in [2.75, 3.05) is 59.0 Å². The molecular formula is C14H23N3O3S. The summed E-state index contributed by atoms with van der Waals surface area (Å²) in [7, 11) is 5.12. The average Bonchev–Trinajstić information content (AvgIpc) is 2.94. The largest absolute Gasteiger partial charge is 0.383 e. The Bertz CT molecular complexity index is 478. The lowest BCUT2D eigenvalue weighted by molar-refractivity contribution is 0.0744. The van der Waals surface area contributed by atoms with Gasteiger partial charge in [-0.3, -0.25) is 4.79 Å². The summed E-state index contributed by atoms with van der Waals surface area (Å²) >= 11 is 1.52. The number of likely N-dealkylation sites (N-methyl/N-ethyl adjacent to an activating group) is 1. The van der Waals surface area contributed by atoms with Crippen molar-refractivity contribution < 1.29 is 14.3 Å². The van der Waals surface area contributed by atoms with E-state index in [1.54, 1.807) is 26.2 Å². The van der Waals surface area contributed by atoms with Gasteiger partial charge in [-0.05, 0) is 12.8 Å². The first-order valence-corrected chi connectivity index (χ1v) is 7.97. The number of fused-ring (bicyclic) bond motifs is 1. The molecule has 1 aromatic heterocycles. The van der Waals surface area contributed by atoms with Crippen LogP contribution in [-0.2, 0) is 15.9 Å². The van der Waals surface area contributed by atoms with Gasteiger partial charge in [-0.2, -0.15) is 0 Å². The fourth-order valence-corrected chi connectivity index (χ4v) is 3.41. The molecule has 0 saturated carbocycles. The van der Waals surface area contributed by atoms with Gasteiger partial charge in [-0.15, -0.1) is 11.3 Å². The third-order valence-electron chi connectivity index (χ3n) is 3.53. The normalized spacial score (nSPS) is 14.1. The summed E-state index contributed by atoms with van der Waals surface area (Å²) in [5, 5.41) is 0.572. The van der Waals surface area contributed by atoms with Crippen LogP contribution in [0, 0.1) is 0 Å². The van der Waals surface area contributed by atoms with Crippen LogP contribution >= 0.6 is 11.3 Å². The van der Waals surface area contributed by atoms with Crippen molar-refractivity contribution in [1.82, 2.24) is 9.88 Å². The van der Waals surface area contributed by atoms with E-state index < -0.39 is 0 Å². The highest BCUT2D eigenvalue weighted by molar-refractivity contribution is 7.14. The fraction of sp³-hybridized carbons (Fsp3) is 0.714. The first-order chi connectivity index (χ1) is 10.2. The first kappa shape index (κ1) is 16.2. The number of methoxy groups -OCH3 is 2. The van der Waals surface area contributed by atoms with E-state index in [1.165, 1.54) is 16.2 Å². The molecule has 0 N–H and O–H groups in total. The lowest BCUT2D eigenvalue weighted by Gasteiger charge is -2.26. The Hall–Kier alpha value is -1.18. The Labute approximate surface area is 129 Å². The maximum absolute atomic E-state index is 12.4. The van der Waals surface area contributed by atoms with Gasteiger partial charge in [0.2, 0.25) is 0 Å². The molecule has 0 radical (unpaired) electrons. The number of thiazole rings is 1. The van der Waals surface area contributed by atoms with E-state index in [-0.39, 0.29) is 5.91 Å². The summed E-state index contributed by atoms with van der Waals surface area (Å²) < 4.78 is 10.1. The molecule has 0 bridgehead atoms. The molecule has 1 aromatic rings. The number of aromatic nitrogens is 1. The summed E-state index contributed by atoms with van der Waals surface area (Å²) in [4.78, 5) is 22.0. The molecule has 0 saturated heterocycles. The van der Waals surface area contributed by atoms with Crippen LogP contribution in [0.25, 0.3) is 0 Å². The molecule has 1 aliphatic rings. The summed E-state index contributed by atoms with van der Waals surface area (Å²) in [6, 6.07) is 0. The molecule has 21 heavy (non-hydrogen) atoms. The van der Waals surface area contributed by atoms with Crippen molar-refractivity contribution in [1.29, 1.82) is 0 Å². The van der Waals surface area contributed by atoms with Crippen LogP contribution in [0.4, 0.5) is 5.82 Å². The average molecular weight is 313 g/mol. The molecule has 0 aromatic carbocycles. The molecule has 0 unspecified atom stereocenters. The number of carbonyl (C=O) groups is 1. The molecule has 1 amide bonds. The predicted molar refractivity (Wildman–Crippen MR) is 83.4 cm³/mol. The number of anilines is 1. The van der Waals surface area contributed by atoms with Gasteiger partial charge in [0, 0.05) is 45.8 Å². The SMILES string of the molecule is COCCN(C)C(=O)c1nc2c(s1)CCCN2CCOC. The zero-order chi connectivity index (χ0) is 15.2. The maximum Gasteiger partial charge on any atom is 0.282 e. The number of aryl methyl sites for hydroxylation is 1. The van der Waals surface area contributed by atoms with Crippen LogP contribution < -0.4 is 4.90 Å². The van der Waals surface area contributed by atoms with Crippen LogP contribution in [0.5, 0.6) is 0 Å². The standard InChI is InChI=1S/C14H23N3O3S/c1-16(7-9-19-2)14(18)13-15-12-11(21-13)5-4-6-17(12)8-10-20-3/h4-10H2,1-3H3. The fourth-order valence-electron chi connectivity index (χ4n) is 2.29. The highest BCUT2D eigenvalue weighted by Crippen LogP contribution is 2.32. The highest BCUT2D eigenvalue weighted by atomic mass is 32.1. The Morgan fingerprint density at radius 2 is 2.14 bits per heavy atom. The smallest absolute Gasteiger partial charge is 0.282 e. The summed E-state index contributed by atoms with van der Waals surface area (Å²) in [5.41, 5.74) is 0. The third-order valence-corrected chi connectivity index (χ3v) is 4.63. The molecule has 6 nitrogen and oxygen atoms in total. The second kappa shape index (κ2) is 7.72. The molecule has 118 valence electrons. The van der Waals surface area contributed by atoms with E-state index in [0.29, 0.717) is 24.8 Å². The predicted octanol–water partition coefficient (Wildman–Crippen LogP) is 1.26. The lowest BCUT2D eigenvalue weighted by Crippen LogP contribution is -2.32. The van der Waals surface area contributed by atoms with Crippen molar-refractivity contribution in [3.63, 3.8) is 0 Å². The number of ether oxygens (including phenoxy) is 2. The van der Waals surface area contributed by atoms with Gasteiger partial charge in [-0.1, -0.05) is 0 Å². The minimum Gasteiger partial charge on any atom is -0.383 e. The maximum atomic E-state index is 12.4. The van der Waals surface area contributed by atoms with Crippen LogP contribution in [0.1, 0.15) is 21.1 Å². The highest BCUT2D eigenvalue weighted by Gasteiger charge is 2.25. The summed E-state index contributed by atoms with van der Waals surface area (Å²) in [6.07, 6.45) is 2.11. The van der Waals surface area contributed by atoms with Gasteiger partial charge in [-0.25, -0.2) is 4.98 Å². The summed E-state index contributed by atoms with van der Waals surface area (Å²) in [5.74, 6) is 0.935. The monoisotopic (exact) mass is 313 g/mol. The zero-order valence-electron chi connectivity index (χ0n) is 12.9. The summed E-state index contributed by atoms with van der Waals surface area (Å²) in [6.45, 7) is 3.59. The Morgan fingerprint density at radius 1 is 1.38 bits per heavy atom. The number of hydrogen-bond donors (Lipinski definition) is 0. The Kier molecular flexibility index (Phi) is 5.96. The van der Waals surface area contributed by atoms with Crippen LogP contribution in [0.15, 0.2) is 0 Å². The number of rotatable bonds is 7. The molecule has 0 aliphatic carbocycles. The van der Waals surface area contributed by atoms with Crippen LogP contribution in [0.2, 0.25) is 0 Å². The van der Waals surface area contributed by atoms with Gasteiger partial charge in [0.1, 0.15) is 5.82 Å². The van der Waals surface area contributed by atoms with Gasteiger partial charge in [0.15, 0.2) is 5.01 Å². The number of amides is 1. The Morgan fingerprint density at radius 3 is 2.86 bits per heavy atom. The van der Waals surface area contributed by atoms with E-state index in [4.69, 9.17) is 9.47 Å². The second-order valence-corrected chi connectivity index (χ2v) is 6.15. The van der Waals surface area contributed by atoms with Crippen molar-refractivity contribution in [2.45, 2.75) is 12.8 Å². The first-order valence-electron chi connectivity index (χ1n) is 7.15. The van der Waals surface area contributed by atoms with Crippen molar-refractivity contribution in [3.05, 3.63) is 9.88 Å². The van der Waals surface area contributed by atoms with Crippen LogP contribution in [0.3, 0.4) is 0 Å². The van der Waals surface area contributed by atoms with Gasteiger partial charge >= 0.3 is 0 Å². The Balaban J connectivity index is 2.09. The molecule has 1 aliphatic heterocycles. The minimum absolute atomic E-state index is 0.0295. The molecule has 2 rings (SSSR count). The number of hydrogen-bond acceptors (Lipinski definition) is 6. The van der Waals surface area contributed by atoms with E-state index >= 15 is 0 Å². The van der Waals surface area contributed by atoms with Crippen LogP contribution in [-0.4, -0.2) is 69.9 Å². The van der Waals surface area contributed by atoms with E-state index in [1.807, 2.05) is 0 Å². The lowest BCUT2D eigenvalue weighted by atomic mass is 10.2. The zero-order valence-corrected chi connectivity index (χ0v) is 13.7. The molecular weight excluding hydrogens is 290 g/mol. The quantitative estimate of drug-likeness (QED) is 0.758. The van der Waals surface area contributed by atoms with E-state index in [0.717, 1.165) is 31.7 Å².